The Morgan fingerprint density at radius 2 is 1.86 bits per heavy atom. The highest BCUT2D eigenvalue weighted by molar-refractivity contribution is 6.75. The van der Waals surface area contributed by atoms with Crippen LogP contribution in [0.4, 0.5) is 0 Å². The zero-order chi connectivity index (χ0) is 5.11. The molecule has 0 aromatic heterocycles. The van der Waals surface area contributed by atoms with Gasteiger partial charge in [-0.15, -0.1) is 6.58 Å². The summed E-state index contributed by atoms with van der Waals surface area (Å²) < 4.78 is 0. The summed E-state index contributed by atoms with van der Waals surface area (Å²) in [6.07, 6.45) is 4.16. The quantitative estimate of drug-likeness (QED) is 0.444. The van der Waals surface area contributed by atoms with Crippen LogP contribution in [0, 0.1) is 0 Å². The first-order chi connectivity index (χ1) is 3.43. The summed E-state index contributed by atoms with van der Waals surface area (Å²) in [6.45, 7) is 3.69. The van der Waals surface area contributed by atoms with Crippen molar-refractivity contribution in [1.82, 2.24) is 0 Å². The molecule has 1 heterocycles. The smallest absolute Gasteiger partial charge is 0.106 e. The minimum atomic E-state index is -0.349. The first-order valence-corrected chi connectivity index (χ1v) is 4.01. The molecule has 0 fully saturated rings. The second kappa shape index (κ2) is 1.94. The van der Waals surface area contributed by atoms with Crippen LogP contribution in [0.15, 0.2) is 35.8 Å². The van der Waals surface area contributed by atoms with Crippen molar-refractivity contribution in [2.75, 3.05) is 0 Å². The SMILES string of the molecule is C=C[Si]1C=CC=C1. The van der Waals surface area contributed by atoms with E-state index in [9.17, 15) is 0 Å². The molecular weight excluding hydrogens is 100 g/mol. The molecule has 0 aromatic rings. The van der Waals surface area contributed by atoms with Crippen molar-refractivity contribution in [3.63, 3.8) is 0 Å². The lowest BCUT2D eigenvalue weighted by atomic mass is 10.6. The highest BCUT2D eigenvalue weighted by Gasteiger charge is 1.96. The van der Waals surface area contributed by atoms with Crippen LogP contribution in [-0.4, -0.2) is 8.80 Å². The number of hydrogen-bond donors (Lipinski definition) is 0. The molecule has 1 aliphatic heterocycles. The second-order valence-electron chi connectivity index (χ2n) is 1.42. The molecule has 0 aromatic carbocycles. The minimum Gasteiger partial charge on any atom is -0.106 e. The van der Waals surface area contributed by atoms with Gasteiger partial charge in [0.15, 0.2) is 0 Å². The predicted molar refractivity (Wildman–Crippen MR) is 34.2 cm³/mol. The fourth-order valence-corrected chi connectivity index (χ4v) is 1.57. The van der Waals surface area contributed by atoms with Crippen LogP contribution in [0.5, 0.6) is 0 Å². The number of rotatable bonds is 1. The Morgan fingerprint density at radius 3 is 2.14 bits per heavy atom. The minimum absolute atomic E-state index is 0.349. The van der Waals surface area contributed by atoms with Gasteiger partial charge in [-0.3, -0.25) is 0 Å². The summed E-state index contributed by atoms with van der Waals surface area (Å²) in [5, 5.41) is 0. The van der Waals surface area contributed by atoms with Crippen LogP contribution in [0.2, 0.25) is 0 Å². The van der Waals surface area contributed by atoms with Gasteiger partial charge in [-0.1, -0.05) is 29.2 Å². The average molecular weight is 107 g/mol. The van der Waals surface area contributed by atoms with E-state index in [2.05, 4.69) is 30.1 Å². The van der Waals surface area contributed by atoms with Gasteiger partial charge in [-0.2, -0.15) is 0 Å². The van der Waals surface area contributed by atoms with Crippen LogP contribution < -0.4 is 0 Å². The van der Waals surface area contributed by atoms with Crippen LogP contribution in [-0.2, 0) is 0 Å². The van der Waals surface area contributed by atoms with Crippen molar-refractivity contribution in [1.29, 1.82) is 0 Å². The Morgan fingerprint density at radius 1 is 1.29 bits per heavy atom. The Balaban J connectivity index is 2.59. The summed E-state index contributed by atoms with van der Waals surface area (Å²) in [7, 11) is -0.349. The van der Waals surface area contributed by atoms with Crippen LogP contribution in [0.25, 0.3) is 0 Å². The normalized spacial score (nSPS) is 18.3. The van der Waals surface area contributed by atoms with Gasteiger partial charge in [0.25, 0.3) is 0 Å². The number of hydrogen-bond acceptors (Lipinski definition) is 0. The highest BCUT2D eigenvalue weighted by Crippen LogP contribution is 1.96. The van der Waals surface area contributed by atoms with Gasteiger partial charge in [0.2, 0.25) is 0 Å². The topological polar surface area (TPSA) is 0 Å². The lowest BCUT2D eigenvalue weighted by Crippen LogP contribution is -1.95. The molecule has 0 N–H and O–H groups in total. The second-order valence-corrected chi connectivity index (χ2v) is 3.50. The molecule has 7 heavy (non-hydrogen) atoms. The molecule has 35 valence electrons. The third-order valence-electron chi connectivity index (χ3n) is 0.924. The summed E-state index contributed by atoms with van der Waals surface area (Å²) in [6, 6.07) is 0. The average Bonchev–Trinajstić information content (AvgIpc) is 2.14. The molecule has 0 atom stereocenters. The molecule has 0 bridgehead atoms. The summed E-state index contributed by atoms with van der Waals surface area (Å²) in [5.74, 6) is 0. The first kappa shape index (κ1) is 4.59. The van der Waals surface area contributed by atoms with Gasteiger partial charge in [0, 0.05) is 0 Å². The largest absolute Gasteiger partial charge is 0.130 e. The maximum atomic E-state index is 3.69. The zero-order valence-electron chi connectivity index (χ0n) is 4.09. The van der Waals surface area contributed by atoms with Gasteiger partial charge in [-0.05, 0) is 0 Å². The standard InChI is InChI=1S/C6H7Si/c1-2-7-5-3-4-6-7/h2-6H,1H2. The van der Waals surface area contributed by atoms with Crippen molar-refractivity contribution in [2.45, 2.75) is 0 Å². The van der Waals surface area contributed by atoms with Gasteiger partial charge in [0.1, 0.15) is 8.80 Å². The summed E-state index contributed by atoms with van der Waals surface area (Å²) >= 11 is 0. The third kappa shape index (κ3) is 0.902. The molecule has 0 nitrogen and oxygen atoms in total. The van der Waals surface area contributed by atoms with E-state index in [4.69, 9.17) is 0 Å². The molecule has 1 rings (SSSR count). The van der Waals surface area contributed by atoms with Crippen molar-refractivity contribution in [3.8, 4) is 0 Å². The zero-order valence-corrected chi connectivity index (χ0v) is 5.09. The van der Waals surface area contributed by atoms with E-state index in [1.54, 1.807) is 0 Å². The molecule has 0 aliphatic carbocycles. The van der Waals surface area contributed by atoms with Gasteiger partial charge < -0.3 is 0 Å². The molecular formula is C6H7Si. The van der Waals surface area contributed by atoms with Gasteiger partial charge in [0.05, 0.1) is 0 Å². The Kier molecular flexibility index (Phi) is 1.27. The maximum Gasteiger partial charge on any atom is 0.130 e. The van der Waals surface area contributed by atoms with E-state index < -0.39 is 0 Å². The Labute approximate surface area is 45.5 Å². The van der Waals surface area contributed by atoms with E-state index >= 15 is 0 Å². The van der Waals surface area contributed by atoms with Crippen molar-refractivity contribution in [3.05, 3.63) is 35.8 Å². The van der Waals surface area contributed by atoms with Crippen molar-refractivity contribution < 1.29 is 0 Å². The first-order valence-electron chi connectivity index (χ1n) is 2.27. The molecule has 0 saturated heterocycles. The fraction of sp³-hybridized carbons (Fsp3) is 0. The van der Waals surface area contributed by atoms with Gasteiger partial charge in [-0.25, -0.2) is 0 Å². The van der Waals surface area contributed by atoms with Crippen molar-refractivity contribution >= 4 is 8.80 Å². The van der Waals surface area contributed by atoms with Gasteiger partial charge >= 0.3 is 0 Å². The molecule has 0 unspecified atom stereocenters. The third-order valence-corrected chi connectivity index (χ3v) is 2.55. The lowest BCUT2D eigenvalue weighted by Gasteiger charge is -1.83. The molecule has 1 radical (unpaired) electrons. The Hall–Kier alpha value is -0.563. The molecule has 1 aliphatic rings. The molecule has 1 heteroatoms. The van der Waals surface area contributed by atoms with E-state index in [1.807, 2.05) is 5.70 Å². The maximum absolute atomic E-state index is 3.69. The Bertz CT molecular complexity index is 110. The van der Waals surface area contributed by atoms with Crippen LogP contribution >= 0.6 is 0 Å². The van der Waals surface area contributed by atoms with E-state index in [1.165, 1.54) is 0 Å². The lowest BCUT2D eigenvalue weighted by molar-refractivity contribution is 2.15. The fourth-order valence-electron chi connectivity index (χ4n) is 0.525. The summed E-state index contributed by atoms with van der Waals surface area (Å²) in [4.78, 5) is 0. The van der Waals surface area contributed by atoms with Crippen LogP contribution in [0.1, 0.15) is 0 Å². The monoisotopic (exact) mass is 107 g/mol. The van der Waals surface area contributed by atoms with Crippen molar-refractivity contribution in [2.24, 2.45) is 0 Å². The molecule has 0 amide bonds. The summed E-state index contributed by atoms with van der Waals surface area (Å²) in [5.41, 5.74) is 6.43. The highest BCUT2D eigenvalue weighted by atomic mass is 28.3. The van der Waals surface area contributed by atoms with E-state index in [0.717, 1.165) is 0 Å². The molecule has 0 saturated carbocycles. The van der Waals surface area contributed by atoms with Crippen LogP contribution in [0.3, 0.4) is 0 Å². The predicted octanol–water partition coefficient (Wildman–Crippen LogP) is 1.41. The van der Waals surface area contributed by atoms with E-state index in [0.29, 0.717) is 0 Å². The van der Waals surface area contributed by atoms with E-state index in [-0.39, 0.29) is 8.80 Å². The number of allylic oxidation sites excluding steroid dienone is 2. The molecule has 0 spiro atoms.